The summed E-state index contributed by atoms with van der Waals surface area (Å²) >= 11 is 3.35. The minimum Gasteiger partial charge on any atom is -0.379 e. The topological polar surface area (TPSA) is 27.7 Å². The van der Waals surface area contributed by atoms with Gasteiger partial charge in [-0.25, -0.2) is 0 Å². The Bertz CT molecular complexity index is 119. The van der Waals surface area contributed by atoms with E-state index in [0.29, 0.717) is 13.2 Å². The van der Waals surface area contributed by atoms with Gasteiger partial charge in [0.15, 0.2) is 0 Å². The predicted molar refractivity (Wildman–Crippen MR) is 61.1 cm³/mol. The zero-order valence-electron chi connectivity index (χ0n) is 9.46. The third-order valence-electron chi connectivity index (χ3n) is 1.85. The molecule has 14 heavy (non-hydrogen) atoms. The van der Waals surface area contributed by atoms with E-state index >= 15 is 0 Å². The second kappa shape index (κ2) is 8.65. The summed E-state index contributed by atoms with van der Waals surface area (Å²) in [4.78, 5) is 0. The molecule has 0 spiro atoms. The van der Waals surface area contributed by atoms with Crippen LogP contribution in [0, 0.1) is 0 Å². The molecule has 0 rings (SSSR count). The summed E-state index contributed by atoms with van der Waals surface area (Å²) in [7, 11) is 1.68. The van der Waals surface area contributed by atoms with Crippen molar-refractivity contribution in [1.82, 2.24) is 0 Å². The van der Waals surface area contributed by atoms with Crippen LogP contribution < -0.4 is 0 Å². The largest absolute Gasteiger partial charge is 0.379 e. The summed E-state index contributed by atoms with van der Waals surface area (Å²) in [6.07, 6.45) is 0.501. The molecular weight excluding hydrogens is 248 g/mol. The number of halogens is 1. The second-order valence-corrected chi connectivity index (χ2v) is 4.14. The number of alkyl halides is 1. The Morgan fingerprint density at radius 2 is 1.43 bits per heavy atom. The van der Waals surface area contributed by atoms with Gasteiger partial charge in [-0.1, -0.05) is 15.9 Å². The first-order valence-corrected chi connectivity index (χ1v) is 6.04. The van der Waals surface area contributed by atoms with Gasteiger partial charge in [0, 0.05) is 12.4 Å². The molecule has 0 fully saturated rings. The van der Waals surface area contributed by atoms with Gasteiger partial charge in [-0.3, -0.25) is 0 Å². The van der Waals surface area contributed by atoms with Gasteiger partial charge in [0.1, 0.15) is 0 Å². The van der Waals surface area contributed by atoms with E-state index in [9.17, 15) is 0 Å². The molecule has 0 aliphatic carbocycles. The molecule has 0 aliphatic rings. The van der Waals surface area contributed by atoms with Crippen molar-refractivity contribution in [2.24, 2.45) is 0 Å². The maximum absolute atomic E-state index is 5.52. The monoisotopic (exact) mass is 268 g/mol. The Kier molecular flexibility index (Phi) is 8.87. The minimum absolute atomic E-state index is 0.120. The van der Waals surface area contributed by atoms with Crippen molar-refractivity contribution in [1.29, 1.82) is 0 Å². The third-order valence-corrected chi connectivity index (χ3v) is 2.76. The minimum atomic E-state index is 0.120. The van der Waals surface area contributed by atoms with Crippen LogP contribution in [0.1, 0.15) is 20.8 Å². The maximum atomic E-state index is 5.52. The lowest BCUT2D eigenvalue weighted by Gasteiger charge is -2.18. The fourth-order valence-corrected chi connectivity index (χ4v) is 0.947. The van der Waals surface area contributed by atoms with Gasteiger partial charge in [-0.2, -0.15) is 0 Å². The molecule has 0 heterocycles. The summed E-state index contributed by atoms with van der Waals surface area (Å²) < 4.78 is 16.1. The summed E-state index contributed by atoms with van der Waals surface area (Å²) in [6.45, 7) is 7.25. The van der Waals surface area contributed by atoms with Crippen LogP contribution in [-0.2, 0) is 14.2 Å². The molecule has 0 N–H and O–H groups in total. The molecule has 0 saturated carbocycles. The van der Waals surface area contributed by atoms with Crippen LogP contribution in [0.2, 0.25) is 0 Å². The number of methoxy groups -OCH3 is 1. The van der Waals surface area contributed by atoms with Gasteiger partial charge in [0.05, 0.1) is 31.5 Å². The molecule has 0 amide bonds. The van der Waals surface area contributed by atoms with E-state index in [2.05, 4.69) is 15.9 Å². The van der Waals surface area contributed by atoms with Crippen molar-refractivity contribution in [2.75, 3.05) is 25.7 Å². The van der Waals surface area contributed by atoms with Crippen LogP contribution in [0.3, 0.4) is 0 Å². The van der Waals surface area contributed by atoms with Crippen molar-refractivity contribution < 1.29 is 14.2 Å². The zero-order chi connectivity index (χ0) is 11.0. The van der Waals surface area contributed by atoms with Crippen LogP contribution in [0.15, 0.2) is 0 Å². The van der Waals surface area contributed by atoms with E-state index in [4.69, 9.17) is 14.2 Å². The van der Waals surface area contributed by atoms with Crippen molar-refractivity contribution >= 4 is 15.9 Å². The van der Waals surface area contributed by atoms with E-state index in [0.717, 1.165) is 5.33 Å². The fourth-order valence-electron chi connectivity index (χ4n) is 0.760. The molecule has 0 bridgehead atoms. The van der Waals surface area contributed by atoms with E-state index in [-0.39, 0.29) is 18.3 Å². The van der Waals surface area contributed by atoms with Crippen molar-refractivity contribution in [2.45, 2.75) is 39.1 Å². The average molecular weight is 269 g/mol. The first-order chi connectivity index (χ1) is 6.60. The quantitative estimate of drug-likeness (QED) is 0.632. The molecule has 0 aliphatic heterocycles. The molecule has 3 unspecified atom stereocenters. The third kappa shape index (κ3) is 7.74. The Morgan fingerprint density at radius 3 is 1.93 bits per heavy atom. The smallest absolute Gasteiger partial charge is 0.0781 e. The molecule has 0 aromatic carbocycles. The molecular formula is C10H21BrO3. The van der Waals surface area contributed by atoms with Crippen LogP contribution in [0.4, 0.5) is 0 Å². The van der Waals surface area contributed by atoms with Crippen molar-refractivity contribution in [3.8, 4) is 0 Å². The summed E-state index contributed by atoms with van der Waals surface area (Å²) in [5.41, 5.74) is 0. The lowest BCUT2D eigenvalue weighted by Crippen LogP contribution is -2.24. The fraction of sp³-hybridized carbons (Fsp3) is 1.00. The number of rotatable bonds is 8. The Morgan fingerprint density at radius 1 is 0.929 bits per heavy atom. The Hall–Kier alpha value is 0.360. The highest BCUT2D eigenvalue weighted by atomic mass is 79.9. The van der Waals surface area contributed by atoms with E-state index < -0.39 is 0 Å². The highest BCUT2D eigenvalue weighted by molar-refractivity contribution is 9.09. The Labute approximate surface area is 95.2 Å². The molecule has 0 aromatic heterocycles. The van der Waals surface area contributed by atoms with E-state index in [1.165, 1.54) is 0 Å². The number of ether oxygens (including phenoxy) is 3. The number of hydrogen-bond acceptors (Lipinski definition) is 3. The normalized spacial score (nSPS) is 17.8. The molecule has 3 nitrogen and oxygen atoms in total. The van der Waals surface area contributed by atoms with Gasteiger partial charge in [0.2, 0.25) is 0 Å². The SMILES string of the molecule is COC(C)COC(C)COC(C)CBr. The van der Waals surface area contributed by atoms with Crippen LogP contribution in [0.25, 0.3) is 0 Å². The first-order valence-electron chi connectivity index (χ1n) is 4.92. The van der Waals surface area contributed by atoms with E-state index in [1.807, 2.05) is 20.8 Å². The van der Waals surface area contributed by atoms with Gasteiger partial charge >= 0.3 is 0 Å². The standard InChI is InChI=1S/C10H21BrO3/c1-8(5-11)13-7-10(3)14-6-9(2)12-4/h8-10H,5-7H2,1-4H3. The maximum Gasteiger partial charge on any atom is 0.0781 e. The highest BCUT2D eigenvalue weighted by Crippen LogP contribution is 2.00. The van der Waals surface area contributed by atoms with Crippen molar-refractivity contribution in [3.05, 3.63) is 0 Å². The van der Waals surface area contributed by atoms with Crippen LogP contribution in [0.5, 0.6) is 0 Å². The molecule has 0 saturated heterocycles. The summed E-state index contributed by atoms with van der Waals surface area (Å²) in [5.74, 6) is 0. The van der Waals surface area contributed by atoms with Crippen molar-refractivity contribution in [3.63, 3.8) is 0 Å². The van der Waals surface area contributed by atoms with Gasteiger partial charge in [0.25, 0.3) is 0 Å². The lowest BCUT2D eigenvalue weighted by molar-refractivity contribution is -0.0562. The molecule has 86 valence electrons. The predicted octanol–water partition coefficient (Wildman–Crippen LogP) is 2.23. The zero-order valence-corrected chi connectivity index (χ0v) is 11.0. The lowest BCUT2D eigenvalue weighted by atomic mass is 10.4. The number of hydrogen-bond donors (Lipinski definition) is 0. The van der Waals surface area contributed by atoms with E-state index in [1.54, 1.807) is 7.11 Å². The summed E-state index contributed by atoms with van der Waals surface area (Å²) in [5, 5.41) is 0.855. The first kappa shape index (κ1) is 14.4. The molecule has 0 aromatic rings. The molecule has 4 heteroatoms. The van der Waals surface area contributed by atoms with Crippen LogP contribution >= 0.6 is 15.9 Å². The highest BCUT2D eigenvalue weighted by Gasteiger charge is 2.07. The van der Waals surface area contributed by atoms with Gasteiger partial charge in [-0.05, 0) is 20.8 Å². The van der Waals surface area contributed by atoms with Crippen LogP contribution in [-0.4, -0.2) is 44.0 Å². The molecule has 0 radical (unpaired) electrons. The average Bonchev–Trinajstić information content (AvgIpc) is 2.22. The summed E-state index contributed by atoms with van der Waals surface area (Å²) in [6, 6.07) is 0. The molecule has 3 atom stereocenters. The van der Waals surface area contributed by atoms with Gasteiger partial charge in [-0.15, -0.1) is 0 Å². The van der Waals surface area contributed by atoms with Gasteiger partial charge < -0.3 is 14.2 Å². The Balaban J connectivity index is 3.40. The second-order valence-electron chi connectivity index (χ2n) is 3.49.